The van der Waals surface area contributed by atoms with E-state index in [1.165, 1.54) is 9.26 Å². The van der Waals surface area contributed by atoms with Crippen molar-refractivity contribution in [3.05, 3.63) is 26.2 Å². The first-order chi connectivity index (χ1) is 9.11. The first-order valence-corrected chi connectivity index (χ1v) is 8.35. The lowest BCUT2D eigenvalue weighted by molar-refractivity contribution is -0.148. The second-order valence-electron chi connectivity index (χ2n) is 4.61. The maximum Gasteiger partial charge on any atom is 0.309 e. The van der Waals surface area contributed by atoms with E-state index < -0.39 is 0 Å². The number of ether oxygens (including phenoxy) is 1. The van der Waals surface area contributed by atoms with E-state index in [2.05, 4.69) is 61.6 Å². The third-order valence-corrected chi connectivity index (χ3v) is 4.71. The average molecular weight is 438 g/mol. The number of hydrogen-bond donors (Lipinski definition) is 0. The summed E-state index contributed by atoms with van der Waals surface area (Å²) in [6.45, 7) is 4.14. The van der Waals surface area contributed by atoms with E-state index in [-0.39, 0.29) is 11.9 Å². The van der Waals surface area contributed by atoms with E-state index in [1.807, 2.05) is 6.92 Å². The van der Waals surface area contributed by atoms with Crippen molar-refractivity contribution in [1.29, 1.82) is 0 Å². The van der Waals surface area contributed by atoms with Crippen molar-refractivity contribution in [1.82, 2.24) is 0 Å². The molecule has 0 atom stereocenters. The highest BCUT2D eigenvalue weighted by molar-refractivity contribution is 14.1. The highest BCUT2D eigenvalue weighted by atomic mass is 127. The molecule has 2 rings (SSSR count). The van der Waals surface area contributed by atoms with Crippen LogP contribution in [0, 0.1) is 9.49 Å². The molecule has 1 aliphatic rings. The molecule has 104 valence electrons. The molecule has 3 nitrogen and oxygen atoms in total. The highest BCUT2D eigenvalue weighted by Gasteiger charge is 2.26. The van der Waals surface area contributed by atoms with Crippen molar-refractivity contribution in [2.45, 2.75) is 19.8 Å². The predicted octanol–water partition coefficient (Wildman–Crippen LogP) is 3.83. The third kappa shape index (κ3) is 3.84. The van der Waals surface area contributed by atoms with E-state index in [9.17, 15) is 4.79 Å². The minimum Gasteiger partial charge on any atom is -0.466 e. The molecule has 1 heterocycles. The fourth-order valence-corrected chi connectivity index (χ4v) is 3.32. The molecule has 0 spiro atoms. The molecule has 0 saturated carbocycles. The van der Waals surface area contributed by atoms with Crippen molar-refractivity contribution < 1.29 is 9.53 Å². The number of carbonyl (C=O) groups excluding carboxylic acids is 1. The van der Waals surface area contributed by atoms with Crippen LogP contribution in [0.5, 0.6) is 0 Å². The van der Waals surface area contributed by atoms with Crippen LogP contribution < -0.4 is 4.90 Å². The van der Waals surface area contributed by atoms with Crippen LogP contribution in [-0.4, -0.2) is 25.7 Å². The minimum atomic E-state index is -0.0381. The Labute approximate surface area is 136 Å². The average Bonchev–Trinajstić information content (AvgIpc) is 2.42. The summed E-state index contributed by atoms with van der Waals surface area (Å²) < 4.78 is 7.44. The number of nitrogens with zero attached hydrogens (tertiary/aromatic N) is 1. The largest absolute Gasteiger partial charge is 0.466 e. The van der Waals surface area contributed by atoms with Gasteiger partial charge in [-0.15, -0.1) is 0 Å². The van der Waals surface area contributed by atoms with Crippen LogP contribution in [0.1, 0.15) is 19.8 Å². The molecule has 1 saturated heterocycles. The summed E-state index contributed by atoms with van der Waals surface area (Å²) in [5.41, 5.74) is 1.22. The van der Waals surface area contributed by atoms with Crippen molar-refractivity contribution in [3.63, 3.8) is 0 Å². The number of halogens is 2. The molecule has 1 aromatic rings. The highest BCUT2D eigenvalue weighted by Crippen LogP contribution is 2.31. The van der Waals surface area contributed by atoms with Crippen LogP contribution in [0.3, 0.4) is 0 Å². The normalized spacial score (nSPS) is 16.5. The lowest BCUT2D eigenvalue weighted by Gasteiger charge is -2.33. The van der Waals surface area contributed by atoms with Gasteiger partial charge in [-0.05, 0) is 76.5 Å². The number of benzene rings is 1. The fourth-order valence-electron chi connectivity index (χ4n) is 2.34. The van der Waals surface area contributed by atoms with Crippen molar-refractivity contribution >= 4 is 50.2 Å². The molecule has 0 N–H and O–H groups in total. The van der Waals surface area contributed by atoms with E-state index >= 15 is 0 Å². The fraction of sp³-hybridized carbons (Fsp3) is 0.500. The van der Waals surface area contributed by atoms with Gasteiger partial charge in [0.15, 0.2) is 0 Å². The van der Waals surface area contributed by atoms with Crippen LogP contribution in [0.4, 0.5) is 5.69 Å². The number of piperidine rings is 1. The number of hydrogen-bond acceptors (Lipinski definition) is 3. The molecular weight excluding hydrogens is 421 g/mol. The van der Waals surface area contributed by atoms with Crippen LogP contribution in [-0.2, 0) is 9.53 Å². The zero-order valence-corrected chi connectivity index (χ0v) is 14.6. The van der Waals surface area contributed by atoms with E-state index in [4.69, 9.17) is 4.74 Å². The Morgan fingerprint density at radius 2 is 2.16 bits per heavy atom. The zero-order valence-electron chi connectivity index (χ0n) is 10.9. The van der Waals surface area contributed by atoms with Crippen LogP contribution in [0.2, 0.25) is 0 Å². The van der Waals surface area contributed by atoms with Crippen molar-refractivity contribution in [3.8, 4) is 0 Å². The van der Waals surface area contributed by atoms with Gasteiger partial charge in [0, 0.05) is 21.1 Å². The van der Waals surface area contributed by atoms with E-state index in [0.717, 1.165) is 30.4 Å². The quantitative estimate of drug-likeness (QED) is 0.531. The molecular formula is C14H17BrINO2. The first kappa shape index (κ1) is 15.1. The Kier molecular flexibility index (Phi) is 5.50. The Hall–Kier alpha value is -0.300. The van der Waals surface area contributed by atoms with Gasteiger partial charge in [0.25, 0.3) is 0 Å². The van der Waals surface area contributed by atoms with E-state index in [1.54, 1.807) is 0 Å². The van der Waals surface area contributed by atoms with Gasteiger partial charge in [-0.2, -0.15) is 0 Å². The molecule has 1 aromatic carbocycles. The third-order valence-electron chi connectivity index (χ3n) is 3.36. The van der Waals surface area contributed by atoms with Gasteiger partial charge >= 0.3 is 5.97 Å². The summed E-state index contributed by atoms with van der Waals surface area (Å²) in [6.07, 6.45) is 1.74. The number of esters is 1. The van der Waals surface area contributed by atoms with Gasteiger partial charge in [-0.25, -0.2) is 0 Å². The van der Waals surface area contributed by atoms with Gasteiger partial charge in [0.1, 0.15) is 0 Å². The molecule has 0 amide bonds. The monoisotopic (exact) mass is 437 g/mol. The van der Waals surface area contributed by atoms with E-state index in [0.29, 0.717) is 6.61 Å². The standard InChI is InChI=1S/C14H17BrINO2/c1-2-19-14(18)10-5-7-17(8-6-10)13-9-11(16)3-4-12(13)15/h3-4,9-10H,2,5-8H2,1H3. The van der Waals surface area contributed by atoms with Crippen LogP contribution in [0.15, 0.2) is 22.7 Å². The van der Waals surface area contributed by atoms with Gasteiger partial charge in [-0.3, -0.25) is 4.79 Å². The number of rotatable bonds is 3. The zero-order chi connectivity index (χ0) is 13.8. The SMILES string of the molecule is CCOC(=O)C1CCN(c2cc(I)ccc2Br)CC1. The molecule has 0 radical (unpaired) electrons. The lowest BCUT2D eigenvalue weighted by atomic mass is 9.96. The number of anilines is 1. The molecule has 19 heavy (non-hydrogen) atoms. The molecule has 5 heteroatoms. The molecule has 0 unspecified atom stereocenters. The van der Waals surface area contributed by atoms with Gasteiger partial charge < -0.3 is 9.64 Å². The Balaban J connectivity index is 2.00. The Morgan fingerprint density at radius 3 is 2.79 bits per heavy atom. The Bertz CT molecular complexity index is 459. The maximum absolute atomic E-state index is 11.7. The summed E-state index contributed by atoms with van der Waals surface area (Å²) >= 11 is 5.92. The second kappa shape index (κ2) is 6.92. The summed E-state index contributed by atoms with van der Waals surface area (Å²) in [5.74, 6) is 0.0293. The topological polar surface area (TPSA) is 29.5 Å². The molecule has 0 bridgehead atoms. The predicted molar refractivity (Wildman–Crippen MR) is 88.4 cm³/mol. The van der Waals surface area contributed by atoms with Crippen molar-refractivity contribution in [2.75, 3.05) is 24.6 Å². The van der Waals surface area contributed by atoms with Gasteiger partial charge in [-0.1, -0.05) is 0 Å². The maximum atomic E-state index is 11.7. The summed E-state index contributed by atoms with van der Waals surface area (Å²) in [7, 11) is 0. The lowest BCUT2D eigenvalue weighted by Crippen LogP contribution is -2.37. The smallest absolute Gasteiger partial charge is 0.309 e. The number of carbonyl (C=O) groups is 1. The second-order valence-corrected chi connectivity index (χ2v) is 6.71. The first-order valence-electron chi connectivity index (χ1n) is 6.48. The van der Waals surface area contributed by atoms with Gasteiger partial charge in [0.05, 0.1) is 18.2 Å². The summed E-state index contributed by atoms with van der Waals surface area (Å²) in [6, 6.07) is 6.34. The molecule has 0 aliphatic carbocycles. The Morgan fingerprint density at radius 1 is 1.47 bits per heavy atom. The van der Waals surface area contributed by atoms with Crippen LogP contribution >= 0.6 is 38.5 Å². The van der Waals surface area contributed by atoms with Gasteiger partial charge in [0.2, 0.25) is 0 Å². The summed E-state index contributed by atoms with van der Waals surface area (Å²) in [4.78, 5) is 14.0. The van der Waals surface area contributed by atoms with Crippen molar-refractivity contribution in [2.24, 2.45) is 5.92 Å². The minimum absolute atomic E-state index is 0.0381. The summed E-state index contributed by atoms with van der Waals surface area (Å²) in [5, 5.41) is 0. The molecule has 1 aliphatic heterocycles. The molecule has 1 fully saturated rings. The molecule has 0 aromatic heterocycles. The van der Waals surface area contributed by atoms with Crippen LogP contribution in [0.25, 0.3) is 0 Å².